The molecule has 0 radical (unpaired) electrons. The molecule has 0 heterocycles. The lowest BCUT2D eigenvalue weighted by molar-refractivity contribution is -0.131. The molecule has 0 unspecified atom stereocenters. The third kappa shape index (κ3) is 787. The van der Waals surface area contributed by atoms with Gasteiger partial charge in [-0.2, -0.15) is 0 Å². The fourth-order valence-electron chi connectivity index (χ4n) is 0. The van der Waals surface area contributed by atoms with Crippen molar-refractivity contribution >= 4 is 14.0 Å². The summed E-state index contributed by atoms with van der Waals surface area (Å²) in [6.45, 7) is 6.41. The summed E-state index contributed by atoms with van der Waals surface area (Å²) < 4.78 is 28.7. The number of aliphatic carboxylic acids is 1. The molecule has 0 aliphatic rings. The van der Waals surface area contributed by atoms with Gasteiger partial charge in [-0.25, -0.2) is 9.36 Å². The van der Waals surface area contributed by atoms with E-state index in [0.717, 1.165) is 6.08 Å². The van der Waals surface area contributed by atoms with Gasteiger partial charge in [-0.05, 0) is 13.8 Å². The fourth-order valence-corrected chi connectivity index (χ4v) is 0. The number of hydrogen-bond donors (Lipinski definition) is 3. The monoisotopic (exact) mass is 234 g/mol. The Morgan fingerprint density at radius 2 is 1.57 bits per heavy atom. The van der Waals surface area contributed by atoms with Crippen LogP contribution in [0.4, 0.5) is 8.39 Å². The van der Waals surface area contributed by atoms with Crippen molar-refractivity contribution in [3.05, 3.63) is 12.7 Å². The van der Waals surface area contributed by atoms with E-state index in [2.05, 4.69) is 6.58 Å². The van der Waals surface area contributed by atoms with Gasteiger partial charge in [0.25, 0.3) is 0 Å². The topological polar surface area (TPSA) is 94.8 Å². The van der Waals surface area contributed by atoms with Crippen molar-refractivity contribution in [2.24, 2.45) is 0 Å². The smallest absolute Gasteiger partial charge is 0.478 e. The number of halogens is 2. The first-order valence-corrected chi connectivity index (χ1v) is 4.70. The van der Waals surface area contributed by atoms with E-state index in [9.17, 15) is 13.2 Å². The van der Waals surface area contributed by atoms with Crippen LogP contribution in [-0.4, -0.2) is 27.2 Å². The van der Waals surface area contributed by atoms with Crippen molar-refractivity contribution < 1.29 is 32.9 Å². The molecule has 0 aliphatic heterocycles. The van der Waals surface area contributed by atoms with Crippen LogP contribution in [0.25, 0.3) is 0 Å². The Morgan fingerprint density at radius 1 is 1.50 bits per heavy atom. The highest BCUT2D eigenvalue weighted by Gasteiger charge is 2.09. The number of hydrogen-bond acceptors (Lipinski definition) is 3. The highest BCUT2D eigenvalue weighted by atomic mass is 31.2. The zero-order chi connectivity index (χ0) is 12.4. The van der Waals surface area contributed by atoms with E-state index in [1.165, 1.54) is 0 Å². The highest BCUT2D eigenvalue weighted by Crippen LogP contribution is 2.43. The van der Waals surface area contributed by atoms with Gasteiger partial charge in [0.05, 0.1) is 0 Å². The summed E-state index contributed by atoms with van der Waals surface area (Å²) in [6, 6.07) is 0. The van der Waals surface area contributed by atoms with Crippen LogP contribution >= 0.6 is 7.99 Å². The van der Waals surface area contributed by atoms with Crippen LogP contribution in [0.2, 0.25) is 0 Å². The molecule has 0 fully saturated rings. The summed E-state index contributed by atoms with van der Waals surface area (Å²) >= 11 is 0. The quantitative estimate of drug-likeness (QED) is 0.473. The second-order valence-electron chi connectivity index (χ2n) is 2.07. The van der Waals surface area contributed by atoms with E-state index in [1.807, 2.05) is 0 Å². The predicted octanol–water partition coefficient (Wildman–Crippen LogP) is 1.67. The molecule has 0 aromatic heterocycles. The molecule has 0 aliphatic carbocycles. The molecule has 0 rings (SSSR count). The molecule has 3 N–H and O–H groups in total. The van der Waals surface area contributed by atoms with Crippen molar-refractivity contribution in [3.8, 4) is 0 Å². The summed E-state index contributed by atoms with van der Waals surface area (Å²) in [5, 5.41) is 15.7. The summed E-state index contributed by atoms with van der Waals surface area (Å²) in [5.74, 6) is -0.981. The van der Waals surface area contributed by atoms with E-state index >= 15 is 0 Å². The van der Waals surface area contributed by atoms with E-state index in [-0.39, 0.29) is 6.10 Å². The zero-order valence-corrected chi connectivity index (χ0v) is 8.62. The van der Waals surface area contributed by atoms with E-state index in [4.69, 9.17) is 19.7 Å². The van der Waals surface area contributed by atoms with Crippen LogP contribution in [-0.2, 0) is 9.36 Å². The minimum atomic E-state index is -5.64. The van der Waals surface area contributed by atoms with Gasteiger partial charge in [0.15, 0.2) is 0 Å². The van der Waals surface area contributed by atoms with Crippen LogP contribution in [0.15, 0.2) is 12.7 Å². The maximum absolute atomic E-state index is 10.1. The lowest BCUT2D eigenvalue weighted by Gasteiger charge is -1.80. The SMILES string of the molecule is C=CC(=O)O.CC(C)O.O=P(O)(F)F. The van der Waals surface area contributed by atoms with E-state index < -0.39 is 14.0 Å². The molecule has 0 saturated carbocycles. The van der Waals surface area contributed by atoms with Gasteiger partial charge >= 0.3 is 14.0 Å². The van der Waals surface area contributed by atoms with Crippen molar-refractivity contribution in [3.63, 3.8) is 0 Å². The minimum Gasteiger partial charge on any atom is -0.478 e. The highest BCUT2D eigenvalue weighted by molar-refractivity contribution is 7.46. The third-order valence-electron chi connectivity index (χ3n) is 0.175. The zero-order valence-electron chi connectivity index (χ0n) is 7.72. The normalized spacial score (nSPS) is 9.07. The van der Waals surface area contributed by atoms with Crippen LogP contribution in [0, 0.1) is 0 Å². The molecule has 5 nitrogen and oxygen atoms in total. The lowest BCUT2D eigenvalue weighted by atomic mass is 10.5. The molecule has 86 valence electrons. The Bertz CT molecular complexity index is 189. The van der Waals surface area contributed by atoms with Gasteiger partial charge in [-0.3, -0.25) is 4.89 Å². The Morgan fingerprint density at radius 3 is 1.57 bits per heavy atom. The van der Waals surface area contributed by atoms with Gasteiger partial charge in [-0.1, -0.05) is 6.58 Å². The first-order chi connectivity index (χ1) is 6.00. The van der Waals surface area contributed by atoms with Gasteiger partial charge in [-0.15, -0.1) is 8.39 Å². The molecule has 0 aromatic rings. The van der Waals surface area contributed by atoms with Crippen molar-refractivity contribution in [1.29, 1.82) is 0 Å². The lowest BCUT2D eigenvalue weighted by Crippen LogP contribution is -1.85. The Labute approximate surface area is 80.4 Å². The molecule has 0 bridgehead atoms. The first-order valence-electron chi connectivity index (χ1n) is 3.26. The van der Waals surface area contributed by atoms with Crippen LogP contribution in [0.1, 0.15) is 13.8 Å². The molecule has 8 heteroatoms. The maximum atomic E-state index is 10.1. The largest absolute Gasteiger partial charge is 0.549 e. The average molecular weight is 234 g/mol. The standard InChI is InChI=1S/C3H4O2.C3H8O.F2HO2P/c1-2-3(4)5;1-3(2)4;1-5(2,3)4/h2H,1H2,(H,4,5);3-4H,1-2H3;(H,3,4). The number of carboxylic acid groups (broad SMARTS) is 1. The van der Waals surface area contributed by atoms with Gasteiger partial charge in [0, 0.05) is 12.2 Å². The predicted molar refractivity (Wildman–Crippen MR) is 47.2 cm³/mol. The Balaban J connectivity index is -0.000000131. The Kier molecular flexibility index (Phi) is 13.9. The average Bonchev–Trinajstić information content (AvgIpc) is 1.82. The second-order valence-corrected chi connectivity index (χ2v) is 2.94. The molecular weight excluding hydrogens is 221 g/mol. The fraction of sp³-hybridized carbons (Fsp3) is 0.500. The van der Waals surface area contributed by atoms with Crippen molar-refractivity contribution in [2.45, 2.75) is 20.0 Å². The van der Waals surface area contributed by atoms with Crippen LogP contribution < -0.4 is 0 Å². The molecule has 0 aromatic carbocycles. The summed E-state index contributed by atoms with van der Waals surface area (Å²) in [6.07, 6.45) is 0.667. The van der Waals surface area contributed by atoms with Crippen LogP contribution in [0.5, 0.6) is 0 Å². The number of carboxylic acids is 1. The molecule has 0 atom stereocenters. The van der Waals surface area contributed by atoms with E-state index in [1.54, 1.807) is 13.8 Å². The van der Waals surface area contributed by atoms with Crippen LogP contribution in [0.3, 0.4) is 0 Å². The molecule has 0 saturated heterocycles. The number of aliphatic hydroxyl groups excluding tert-OH is 1. The van der Waals surface area contributed by atoms with Gasteiger partial charge < -0.3 is 10.2 Å². The summed E-state index contributed by atoms with van der Waals surface area (Å²) in [4.78, 5) is 16.0. The minimum absolute atomic E-state index is 0.167. The number of rotatable bonds is 1. The van der Waals surface area contributed by atoms with Gasteiger partial charge in [0.2, 0.25) is 0 Å². The van der Waals surface area contributed by atoms with Gasteiger partial charge in [0.1, 0.15) is 0 Å². The van der Waals surface area contributed by atoms with Crippen molar-refractivity contribution in [2.75, 3.05) is 0 Å². The molecule has 0 amide bonds. The second kappa shape index (κ2) is 10.3. The number of carbonyl (C=O) groups is 1. The van der Waals surface area contributed by atoms with E-state index in [0.29, 0.717) is 0 Å². The first kappa shape index (κ1) is 18.9. The molecular formula is C6H13F2O5P. The maximum Gasteiger partial charge on any atom is 0.549 e. The number of aliphatic hydroxyl groups is 1. The Hall–Kier alpha value is -0.780. The van der Waals surface area contributed by atoms with Crippen molar-refractivity contribution in [1.82, 2.24) is 0 Å². The molecule has 14 heavy (non-hydrogen) atoms. The molecule has 0 spiro atoms. The summed E-state index contributed by atoms with van der Waals surface area (Å²) in [7, 11) is -5.64. The summed E-state index contributed by atoms with van der Waals surface area (Å²) in [5.41, 5.74) is 0. The third-order valence-corrected chi connectivity index (χ3v) is 0.175.